The molecule has 0 aliphatic rings. The van der Waals surface area contributed by atoms with E-state index in [1.807, 2.05) is 12.1 Å². The van der Waals surface area contributed by atoms with Gasteiger partial charge in [0.05, 0.1) is 19.7 Å². The molecule has 0 amide bonds. The van der Waals surface area contributed by atoms with E-state index in [9.17, 15) is 0 Å². The number of hydrogen-bond acceptors (Lipinski definition) is 4. The minimum Gasteiger partial charge on any atom is -0.493 e. The van der Waals surface area contributed by atoms with Crippen LogP contribution in [0.4, 0.5) is 5.69 Å². The van der Waals surface area contributed by atoms with E-state index in [1.165, 1.54) is 0 Å². The summed E-state index contributed by atoms with van der Waals surface area (Å²) in [4.78, 5) is 4.75. The van der Waals surface area contributed by atoms with E-state index in [2.05, 4.69) is 32.2 Å². The molecule has 0 saturated carbocycles. The van der Waals surface area contributed by atoms with Gasteiger partial charge in [-0.2, -0.15) is 0 Å². The fraction of sp³-hybridized carbons (Fsp3) is 0.471. The molecule has 1 aromatic heterocycles. The molecule has 2 rings (SSSR count). The third kappa shape index (κ3) is 3.20. The average Bonchev–Trinajstić information content (AvgIpc) is 2.50. The highest BCUT2D eigenvalue weighted by atomic mass is 16.5. The first-order chi connectivity index (χ1) is 10.1. The van der Waals surface area contributed by atoms with Gasteiger partial charge in [0, 0.05) is 29.4 Å². The Kier molecular flexibility index (Phi) is 4.89. The van der Waals surface area contributed by atoms with Crippen LogP contribution in [0.25, 0.3) is 10.9 Å². The molecule has 21 heavy (non-hydrogen) atoms. The predicted molar refractivity (Wildman–Crippen MR) is 87.7 cm³/mol. The summed E-state index contributed by atoms with van der Waals surface area (Å²) < 4.78 is 10.8. The number of nitrogens with zero attached hydrogens (tertiary/aromatic N) is 1. The van der Waals surface area contributed by atoms with Crippen molar-refractivity contribution < 1.29 is 9.47 Å². The van der Waals surface area contributed by atoms with Crippen LogP contribution in [-0.2, 0) is 0 Å². The van der Waals surface area contributed by atoms with Gasteiger partial charge in [0.2, 0.25) is 0 Å². The number of nitrogens with one attached hydrogen (secondary N) is 1. The number of aromatic nitrogens is 1. The standard InChI is InChI=1S/C17H24N2O2/c1-6-7-18-14-9-13(11(2)3)19-15-10-17(21-5)16(20-4)8-12(14)15/h8-11H,6-7H2,1-5H3,(H,18,19). The van der Waals surface area contributed by atoms with Gasteiger partial charge < -0.3 is 14.8 Å². The first kappa shape index (κ1) is 15.4. The van der Waals surface area contributed by atoms with E-state index in [1.54, 1.807) is 14.2 Å². The van der Waals surface area contributed by atoms with E-state index in [0.717, 1.165) is 41.0 Å². The second-order valence-electron chi connectivity index (χ2n) is 5.40. The topological polar surface area (TPSA) is 43.4 Å². The molecule has 0 saturated heterocycles. The molecule has 0 aliphatic carbocycles. The van der Waals surface area contributed by atoms with Crippen LogP contribution in [0.5, 0.6) is 11.5 Å². The van der Waals surface area contributed by atoms with Crippen LogP contribution in [0.3, 0.4) is 0 Å². The number of fused-ring (bicyclic) bond motifs is 1. The van der Waals surface area contributed by atoms with Crippen molar-refractivity contribution in [2.45, 2.75) is 33.1 Å². The van der Waals surface area contributed by atoms with Crippen molar-refractivity contribution in [2.24, 2.45) is 0 Å². The molecule has 0 bridgehead atoms. The van der Waals surface area contributed by atoms with Crippen LogP contribution in [-0.4, -0.2) is 25.7 Å². The van der Waals surface area contributed by atoms with Crippen LogP contribution < -0.4 is 14.8 Å². The van der Waals surface area contributed by atoms with Crippen molar-refractivity contribution in [2.75, 3.05) is 26.1 Å². The van der Waals surface area contributed by atoms with Crippen LogP contribution in [0.15, 0.2) is 18.2 Å². The molecule has 2 aromatic rings. The van der Waals surface area contributed by atoms with Crippen molar-refractivity contribution in [1.82, 2.24) is 4.98 Å². The summed E-state index contributed by atoms with van der Waals surface area (Å²) in [6.45, 7) is 7.39. The third-order valence-corrected chi connectivity index (χ3v) is 3.49. The number of methoxy groups -OCH3 is 2. The lowest BCUT2D eigenvalue weighted by Crippen LogP contribution is -2.04. The maximum absolute atomic E-state index is 5.40. The summed E-state index contributed by atoms with van der Waals surface area (Å²) in [7, 11) is 3.30. The Balaban J connectivity index is 2.65. The number of rotatable bonds is 6. The van der Waals surface area contributed by atoms with Crippen LogP contribution in [0.2, 0.25) is 0 Å². The molecule has 0 aliphatic heterocycles. The maximum Gasteiger partial charge on any atom is 0.162 e. The lowest BCUT2D eigenvalue weighted by molar-refractivity contribution is 0.356. The molecular formula is C17H24N2O2. The van der Waals surface area contributed by atoms with Gasteiger partial charge in [0.15, 0.2) is 11.5 Å². The van der Waals surface area contributed by atoms with E-state index < -0.39 is 0 Å². The Hall–Kier alpha value is -1.97. The maximum atomic E-state index is 5.40. The van der Waals surface area contributed by atoms with Crippen molar-refractivity contribution in [1.29, 1.82) is 0 Å². The van der Waals surface area contributed by atoms with Gasteiger partial charge >= 0.3 is 0 Å². The molecule has 1 aromatic carbocycles. The van der Waals surface area contributed by atoms with Gasteiger partial charge in [0.1, 0.15) is 0 Å². The number of pyridine rings is 1. The van der Waals surface area contributed by atoms with Crippen molar-refractivity contribution in [3.63, 3.8) is 0 Å². The highest BCUT2D eigenvalue weighted by Gasteiger charge is 2.13. The zero-order chi connectivity index (χ0) is 15.4. The minimum atomic E-state index is 0.379. The number of anilines is 1. The van der Waals surface area contributed by atoms with Crippen molar-refractivity contribution in [3.8, 4) is 11.5 Å². The second-order valence-corrected chi connectivity index (χ2v) is 5.40. The molecule has 1 heterocycles. The molecule has 4 heteroatoms. The molecule has 114 valence electrons. The van der Waals surface area contributed by atoms with Gasteiger partial charge in [-0.15, -0.1) is 0 Å². The average molecular weight is 288 g/mol. The lowest BCUT2D eigenvalue weighted by Gasteiger charge is -2.15. The van der Waals surface area contributed by atoms with Gasteiger partial charge in [-0.25, -0.2) is 0 Å². The van der Waals surface area contributed by atoms with Gasteiger partial charge in [-0.05, 0) is 24.5 Å². The molecule has 1 N–H and O–H groups in total. The molecule has 0 atom stereocenters. The monoisotopic (exact) mass is 288 g/mol. The SMILES string of the molecule is CCCNc1cc(C(C)C)nc2cc(OC)c(OC)cc12. The Morgan fingerprint density at radius 1 is 1.10 bits per heavy atom. The zero-order valence-electron chi connectivity index (χ0n) is 13.5. The third-order valence-electron chi connectivity index (χ3n) is 3.49. The first-order valence-electron chi connectivity index (χ1n) is 7.41. The lowest BCUT2D eigenvalue weighted by atomic mass is 10.1. The van der Waals surface area contributed by atoms with Gasteiger partial charge in [-0.3, -0.25) is 4.98 Å². The molecule has 4 nitrogen and oxygen atoms in total. The predicted octanol–water partition coefficient (Wildman–Crippen LogP) is 4.20. The summed E-state index contributed by atoms with van der Waals surface area (Å²) in [6, 6.07) is 6.06. The zero-order valence-corrected chi connectivity index (χ0v) is 13.5. The van der Waals surface area contributed by atoms with E-state index in [4.69, 9.17) is 14.5 Å². The summed E-state index contributed by atoms with van der Waals surface area (Å²) in [5, 5.41) is 4.55. The smallest absolute Gasteiger partial charge is 0.162 e. The number of ether oxygens (including phenoxy) is 2. The Bertz CT molecular complexity index is 624. The van der Waals surface area contributed by atoms with Gasteiger partial charge in [-0.1, -0.05) is 20.8 Å². The molecule has 0 fully saturated rings. The largest absolute Gasteiger partial charge is 0.493 e. The highest BCUT2D eigenvalue weighted by molar-refractivity contribution is 5.94. The highest BCUT2D eigenvalue weighted by Crippen LogP contribution is 2.35. The van der Waals surface area contributed by atoms with E-state index in [-0.39, 0.29) is 0 Å². The van der Waals surface area contributed by atoms with Crippen molar-refractivity contribution >= 4 is 16.6 Å². The summed E-state index contributed by atoms with van der Waals surface area (Å²) in [5.41, 5.74) is 3.11. The quantitative estimate of drug-likeness (QED) is 0.865. The Morgan fingerprint density at radius 2 is 1.76 bits per heavy atom. The van der Waals surface area contributed by atoms with Crippen molar-refractivity contribution in [3.05, 3.63) is 23.9 Å². The molecule has 0 radical (unpaired) electrons. The molecular weight excluding hydrogens is 264 g/mol. The first-order valence-corrected chi connectivity index (χ1v) is 7.41. The molecule has 0 spiro atoms. The summed E-state index contributed by atoms with van der Waals surface area (Å²) in [6.07, 6.45) is 1.08. The van der Waals surface area contributed by atoms with E-state index >= 15 is 0 Å². The number of hydrogen-bond donors (Lipinski definition) is 1. The van der Waals surface area contributed by atoms with E-state index in [0.29, 0.717) is 11.7 Å². The van der Waals surface area contributed by atoms with Gasteiger partial charge in [0.25, 0.3) is 0 Å². The summed E-state index contributed by atoms with van der Waals surface area (Å²) in [5.74, 6) is 1.81. The van der Waals surface area contributed by atoms with Crippen LogP contribution in [0, 0.1) is 0 Å². The Morgan fingerprint density at radius 3 is 2.33 bits per heavy atom. The second kappa shape index (κ2) is 6.66. The Labute approximate surface area is 126 Å². The van der Waals surface area contributed by atoms with Crippen LogP contribution >= 0.6 is 0 Å². The minimum absolute atomic E-state index is 0.379. The normalized spacial score (nSPS) is 11.0. The molecule has 0 unspecified atom stereocenters. The fourth-order valence-electron chi connectivity index (χ4n) is 2.28. The number of benzene rings is 1. The van der Waals surface area contributed by atoms with Crippen LogP contribution in [0.1, 0.15) is 38.8 Å². The fourth-order valence-corrected chi connectivity index (χ4v) is 2.28. The summed E-state index contributed by atoms with van der Waals surface area (Å²) >= 11 is 0.